The first kappa shape index (κ1) is 24.1. The van der Waals surface area contributed by atoms with Gasteiger partial charge in [-0.25, -0.2) is 4.79 Å². The summed E-state index contributed by atoms with van der Waals surface area (Å²) in [4.78, 5) is 43.9. The molecule has 9 nitrogen and oxygen atoms in total. The van der Waals surface area contributed by atoms with Crippen LogP contribution >= 0.6 is 0 Å². The quantitative estimate of drug-likeness (QED) is 0.262. The number of benzene rings is 3. The number of nitrogens with zero attached hydrogens (tertiary/aromatic N) is 2. The minimum atomic E-state index is -2.42. The van der Waals surface area contributed by atoms with E-state index in [1.807, 2.05) is 53.1 Å². The zero-order valence-electron chi connectivity index (χ0n) is 21.5. The average Bonchev–Trinajstić information content (AvgIpc) is 3.56. The number of aliphatic hydroxyl groups is 1. The van der Waals surface area contributed by atoms with Gasteiger partial charge in [0.25, 0.3) is 5.91 Å². The van der Waals surface area contributed by atoms with Crippen LogP contribution in [0.25, 0.3) is 43.6 Å². The summed E-state index contributed by atoms with van der Waals surface area (Å²) < 4.78 is 12.5. The van der Waals surface area contributed by atoms with Gasteiger partial charge in [0, 0.05) is 54.2 Å². The van der Waals surface area contributed by atoms with Crippen LogP contribution < -0.4 is 0 Å². The van der Waals surface area contributed by atoms with Crippen molar-refractivity contribution in [3.63, 3.8) is 0 Å². The molecule has 3 aromatic carbocycles. The second-order valence-electron chi connectivity index (χ2n) is 9.85. The van der Waals surface area contributed by atoms with Crippen molar-refractivity contribution in [2.75, 3.05) is 21.3 Å². The predicted octanol–water partition coefficient (Wildman–Crippen LogP) is 4.04. The lowest BCUT2D eigenvalue weighted by Gasteiger charge is -2.28. The lowest BCUT2D eigenvalue weighted by Crippen LogP contribution is -2.48. The number of nitrogens with one attached hydrogen (secondary N) is 1. The molecule has 0 bridgehead atoms. The van der Waals surface area contributed by atoms with Crippen LogP contribution in [0.2, 0.25) is 0 Å². The summed E-state index contributed by atoms with van der Waals surface area (Å²) in [5.41, 5.74) is 2.32. The number of carbonyl (C=O) groups is 3. The Hall–Kier alpha value is -4.21. The SMILES string of the molecule is COC(=O)[C@](O)(CC(OC)n1c2ccccc2c2c3c(c4c5ccccc5[nH]c4c21)CN(C)C3=O)C(C)=O. The molecular weight excluding hydrogens is 486 g/mol. The minimum Gasteiger partial charge on any atom is -0.467 e. The molecule has 2 aromatic heterocycles. The Kier molecular flexibility index (Phi) is 5.34. The van der Waals surface area contributed by atoms with Gasteiger partial charge in [0.1, 0.15) is 6.23 Å². The highest BCUT2D eigenvalue weighted by Crippen LogP contribution is 2.46. The number of aromatic amines is 1. The van der Waals surface area contributed by atoms with Crippen molar-refractivity contribution in [3.05, 3.63) is 59.7 Å². The number of ketones is 1. The highest BCUT2D eigenvalue weighted by atomic mass is 16.5. The molecule has 1 unspecified atom stereocenters. The average molecular weight is 514 g/mol. The molecule has 0 saturated heterocycles. The van der Waals surface area contributed by atoms with Gasteiger partial charge in [0.2, 0.25) is 5.60 Å². The van der Waals surface area contributed by atoms with Crippen molar-refractivity contribution in [2.45, 2.75) is 31.7 Å². The van der Waals surface area contributed by atoms with Gasteiger partial charge in [-0.05, 0) is 24.6 Å². The molecule has 2 atom stereocenters. The molecule has 38 heavy (non-hydrogen) atoms. The number of H-pyrrole nitrogens is 1. The molecule has 2 N–H and O–H groups in total. The van der Waals surface area contributed by atoms with Crippen LogP contribution in [0.1, 0.15) is 35.5 Å². The van der Waals surface area contributed by atoms with Crippen LogP contribution in [0.15, 0.2) is 48.5 Å². The number of fused-ring (bicyclic) bond motifs is 10. The summed E-state index contributed by atoms with van der Waals surface area (Å²) in [5, 5.41) is 14.7. The number of amides is 1. The number of Topliss-reactive ketones (excluding diaryl/α,β-unsaturated/α-hetero) is 1. The van der Waals surface area contributed by atoms with Crippen molar-refractivity contribution < 1.29 is 29.0 Å². The summed E-state index contributed by atoms with van der Waals surface area (Å²) in [7, 11) is 4.37. The van der Waals surface area contributed by atoms with Crippen LogP contribution in [0.3, 0.4) is 0 Å². The zero-order valence-corrected chi connectivity index (χ0v) is 21.5. The first-order valence-electron chi connectivity index (χ1n) is 12.3. The van der Waals surface area contributed by atoms with Crippen molar-refractivity contribution in [3.8, 4) is 0 Å². The van der Waals surface area contributed by atoms with E-state index in [0.717, 1.165) is 57.7 Å². The minimum absolute atomic E-state index is 0.0798. The molecule has 1 amide bonds. The van der Waals surface area contributed by atoms with Gasteiger partial charge < -0.3 is 29.0 Å². The van der Waals surface area contributed by atoms with Gasteiger partial charge in [-0.2, -0.15) is 0 Å². The molecule has 9 heteroatoms. The van der Waals surface area contributed by atoms with E-state index < -0.39 is 23.6 Å². The molecule has 194 valence electrons. The van der Waals surface area contributed by atoms with Gasteiger partial charge in [-0.1, -0.05) is 36.4 Å². The standard InChI is InChI=1S/C29H27N3O6/c1-15(33)29(36,28(35)38-4)13-21(37-3)32-20-12-8-6-10-17(20)23-24-18(14-31(2)27(24)34)22-16-9-5-7-11-19(16)30-25(22)26(23)32/h5-12,21,30,36H,13-14H2,1-4H3/t21?,29-/m0/s1. The first-order valence-corrected chi connectivity index (χ1v) is 12.3. The molecule has 1 aliphatic rings. The van der Waals surface area contributed by atoms with E-state index in [2.05, 4.69) is 4.98 Å². The van der Waals surface area contributed by atoms with Crippen molar-refractivity contribution in [2.24, 2.45) is 0 Å². The topological polar surface area (TPSA) is 114 Å². The maximum absolute atomic E-state index is 13.6. The molecule has 6 rings (SSSR count). The normalized spacial score (nSPS) is 15.9. The Morgan fingerprint density at radius 2 is 1.76 bits per heavy atom. The van der Waals surface area contributed by atoms with Crippen molar-refractivity contribution >= 4 is 61.3 Å². The fourth-order valence-corrected chi connectivity index (χ4v) is 5.94. The molecule has 0 fully saturated rings. The van der Waals surface area contributed by atoms with Crippen LogP contribution in [-0.4, -0.2) is 64.1 Å². The molecule has 0 saturated carbocycles. The zero-order chi connectivity index (χ0) is 26.9. The predicted molar refractivity (Wildman–Crippen MR) is 143 cm³/mol. The first-order chi connectivity index (χ1) is 18.2. The summed E-state index contributed by atoms with van der Waals surface area (Å²) >= 11 is 0. The molecule has 5 aromatic rings. The Labute approximate surface area is 217 Å². The third-order valence-corrected chi connectivity index (χ3v) is 7.80. The van der Waals surface area contributed by atoms with Gasteiger partial charge in [-0.15, -0.1) is 0 Å². The lowest BCUT2D eigenvalue weighted by molar-refractivity contribution is -0.172. The summed E-state index contributed by atoms with van der Waals surface area (Å²) in [6.45, 7) is 1.62. The third kappa shape index (κ3) is 3.09. The number of ether oxygens (including phenoxy) is 2. The van der Waals surface area contributed by atoms with Gasteiger partial charge in [0.15, 0.2) is 5.78 Å². The third-order valence-electron chi connectivity index (χ3n) is 7.80. The highest BCUT2D eigenvalue weighted by Gasteiger charge is 2.46. The van der Waals surface area contributed by atoms with E-state index in [-0.39, 0.29) is 12.3 Å². The Bertz CT molecular complexity index is 1820. The van der Waals surface area contributed by atoms with E-state index in [1.165, 1.54) is 7.11 Å². The van der Waals surface area contributed by atoms with Crippen molar-refractivity contribution in [1.29, 1.82) is 0 Å². The van der Waals surface area contributed by atoms with E-state index >= 15 is 0 Å². The molecule has 0 spiro atoms. The lowest BCUT2D eigenvalue weighted by atomic mass is 9.94. The number of methoxy groups -OCH3 is 2. The van der Waals surface area contributed by atoms with E-state index in [0.29, 0.717) is 17.6 Å². The second-order valence-corrected chi connectivity index (χ2v) is 9.85. The van der Waals surface area contributed by atoms with Gasteiger partial charge >= 0.3 is 5.97 Å². The number of aromatic nitrogens is 2. The van der Waals surface area contributed by atoms with Gasteiger partial charge in [0.05, 0.1) is 29.2 Å². The number of para-hydroxylation sites is 2. The number of rotatable bonds is 6. The fraction of sp³-hybridized carbons (Fsp3) is 0.276. The van der Waals surface area contributed by atoms with E-state index in [1.54, 1.807) is 11.9 Å². The molecular formula is C29H27N3O6. The van der Waals surface area contributed by atoms with E-state index in [4.69, 9.17) is 9.47 Å². The monoisotopic (exact) mass is 513 g/mol. The van der Waals surface area contributed by atoms with Crippen LogP contribution in [-0.2, 0) is 25.6 Å². The highest BCUT2D eigenvalue weighted by molar-refractivity contribution is 6.30. The summed E-state index contributed by atoms with van der Waals surface area (Å²) in [5.74, 6) is -1.88. The second kappa shape index (κ2) is 8.41. The van der Waals surface area contributed by atoms with Crippen LogP contribution in [0.4, 0.5) is 0 Å². The van der Waals surface area contributed by atoms with Gasteiger partial charge in [-0.3, -0.25) is 9.59 Å². The summed E-state index contributed by atoms with van der Waals surface area (Å²) in [6, 6.07) is 15.5. The largest absolute Gasteiger partial charge is 0.467 e. The Morgan fingerprint density at radius 1 is 1.08 bits per heavy atom. The van der Waals surface area contributed by atoms with Crippen molar-refractivity contribution in [1.82, 2.24) is 14.5 Å². The molecule has 0 radical (unpaired) electrons. The Morgan fingerprint density at radius 3 is 2.45 bits per heavy atom. The molecule has 3 heterocycles. The maximum Gasteiger partial charge on any atom is 0.345 e. The molecule has 0 aliphatic carbocycles. The molecule has 1 aliphatic heterocycles. The maximum atomic E-state index is 13.6. The number of esters is 1. The number of hydrogen-bond acceptors (Lipinski definition) is 6. The number of hydrogen-bond donors (Lipinski definition) is 2. The fourth-order valence-electron chi connectivity index (χ4n) is 5.94. The van der Waals surface area contributed by atoms with Crippen LogP contribution in [0, 0.1) is 0 Å². The Balaban J connectivity index is 1.78. The number of carbonyl (C=O) groups excluding carboxylic acids is 3. The smallest absolute Gasteiger partial charge is 0.345 e. The van der Waals surface area contributed by atoms with Crippen LogP contribution in [0.5, 0.6) is 0 Å². The summed E-state index contributed by atoms with van der Waals surface area (Å²) in [6.07, 6.45) is -1.33. The van der Waals surface area contributed by atoms with E-state index in [9.17, 15) is 19.5 Å².